The molecule has 0 aromatic carbocycles. The van der Waals surface area contributed by atoms with Gasteiger partial charge < -0.3 is 10.5 Å². The van der Waals surface area contributed by atoms with Crippen LogP contribution in [0.25, 0.3) is 0 Å². The Hall–Kier alpha value is -0.960. The Labute approximate surface area is 73.5 Å². The molecule has 0 saturated carbocycles. The molecule has 0 aliphatic heterocycles. The first-order chi connectivity index (χ1) is 4.74. The van der Waals surface area contributed by atoms with Gasteiger partial charge in [-0.05, 0) is 13.0 Å². The molecule has 0 fully saturated rings. The van der Waals surface area contributed by atoms with Gasteiger partial charge >= 0.3 is 0 Å². The Morgan fingerprint density at radius 1 is 1.64 bits per heavy atom. The van der Waals surface area contributed by atoms with E-state index in [4.69, 9.17) is 10.5 Å². The number of nitrogens with two attached hydrogens (primary N) is 1. The summed E-state index contributed by atoms with van der Waals surface area (Å²) >= 11 is 0. The molecule has 0 saturated heterocycles. The number of pyridine rings is 1. The van der Waals surface area contributed by atoms with E-state index < -0.39 is 0 Å². The van der Waals surface area contributed by atoms with Crippen LogP contribution in [0.5, 0.6) is 5.88 Å². The first-order valence-corrected chi connectivity index (χ1v) is 3.00. The van der Waals surface area contributed by atoms with Crippen molar-refractivity contribution >= 4 is 18.1 Å². The van der Waals surface area contributed by atoms with E-state index in [1.165, 1.54) is 0 Å². The van der Waals surface area contributed by atoms with Crippen molar-refractivity contribution in [2.24, 2.45) is 0 Å². The van der Waals surface area contributed by atoms with Crippen LogP contribution in [0.2, 0.25) is 0 Å². The van der Waals surface area contributed by atoms with Crippen LogP contribution in [-0.2, 0) is 0 Å². The minimum absolute atomic E-state index is 0. The zero-order valence-electron chi connectivity index (χ0n) is 6.50. The topological polar surface area (TPSA) is 48.1 Å². The van der Waals surface area contributed by atoms with Gasteiger partial charge in [0.25, 0.3) is 0 Å². The largest absolute Gasteiger partial charge is 0.481 e. The lowest BCUT2D eigenvalue weighted by Gasteiger charge is -2.01. The number of nitrogen functional groups attached to an aromatic ring is 1. The van der Waals surface area contributed by atoms with Gasteiger partial charge in [-0.3, -0.25) is 0 Å². The fraction of sp³-hybridized carbons (Fsp3) is 0.286. The first-order valence-electron chi connectivity index (χ1n) is 3.00. The van der Waals surface area contributed by atoms with Crippen LogP contribution in [0.1, 0.15) is 6.99 Å². The quantitative estimate of drug-likeness (QED) is 0.708. The van der Waals surface area contributed by atoms with Crippen molar-refractivity contribution in [1.29, 1.82) is 0 Å². The summed E-state index contributed by atoms with van der Waals surface area (Å²) in [5.74, 6) is 0.634. The summed E-state index contributed by atoms with van der Waals surface area (Å²) in [6.07, 6.45) is 1.58. The molecule has 0 aliphatic rings. The van der Waals surface area contributed by atoms with Crippen LogP contribution in [0.3, 0.4) is 0 Å². The Balaban J connectivity index is 0. The smallest absolute Gasteiger partial charge is 0.216 e. The van der Waals surface area contributed by atoms with Gasteiger partial charge in [-0.2, -0.15) is 0 Å². The molecule has 3 nitrogen and oxygen atoms in total. The van der Waals surface area contributed by atoms with Crippen LogP contribution >= 0.6 is 12.4 Å². The van der Waals surface area contributed by atoms with Crippen molar-refractivity contribution < 1.29 is 6.16 Å². The van der Waals surface area contributed by atoms with E-state index in [1.807, 2.05) is 13.0 Å². The highest BCUT2D eigenvalue weighted by Gasteiger charge is 1.97. The van der Waals surface area contributed by atoms with Crippen LogP contribution in [0, 0.1) is 6.92 Å². The summed E-state index contributed by atoms with van der Waals surface area (Å²) in [7, 11) is 1.59. The maximum atomic E-state index is 5.46. The molecule has 4 heteroatoms. The molecule has 11 heavy (non-hydrogen) atoms. The molecule has 2 N–H and O–H groups in total. The molecule has 1 aromatic rings. The van der Waals surface area contributed by atoms with E-state index >= 15 is 0 Å². The van der Waals surface area contributed by atoms with Gasteiger partial charge in [0.2, 0.25) is 5.88 Å². The fourth-order valence-corrected chi connectivity index (χ4v) is 0.798. The van der Waals surface area contributed by atoms with Crippen molar-refractivity contribution in [2.45, 2.75) is 6.92 Å². The van der Waals surface area contributed by atoms with Crippen LogP contribution < -0.4 is 10.5 Å². The molecular weight excluding hydrogens is 164 g/mol. The number of rotatable bonds is 1. The third kappa shape index (κ3) is 2.27. The molecule has 1 rings (SSSR count). The Kier molecular flexibility index (Phi) is 3.68. The van der Waals surface area contributed by atoms with Gasteiger partial charge in [0.05, 0.1) is 19.0 Å². The van der Waals surface area contributed by atoms with Gasteiger partial charge in [-0.1, -0.05) is 0 Å². The summed E-state index contributed by atoms with van der Waals surface area (Å²) < 4.78 is 4.93. The number of aromatic nitrogens is 1. The number of aryl methyl sites for hydroxylation is 1. The fourth-order valence-electron chi connectivity index (χ4n) is 0.798. The van der Waals surface area contributed by atoms with E-state index in [2.05, 4.69) is 4.98 Å². The summed E-state index contributed by atoms with van der Waals surface area (Å²) in [6.45, 7) is 1.90. The van der Waals surface area contributed by atoms with Gasteiger partial charge in [-0.15, -0.1) is 12.4 Å². The number of nitrogens with zero attached hydrogens (tertiary/aromatic N) is 1. The third-order valence-electron chi connectivity index (χ3n) is 1.24. The van der Waals surface area contributed by atoms with E-state index in [9.17, 15) is 0 Å². The van der Waals surface area contributed by atoms with E-state index in [0.717, 1.165) is 5.56 Å². The monoisotopic (exact) mass is 176 g/mol. The molecule has 1 heterocycles. The number of ether oxygens (including phenoxy) is 1. The number of methoxy groups -OCH3 is 1. The summed E-state index contributed by atoms with van der Waals surface area (Å²) in [4.78, 5) is 3.95. The van der Waals surface area contributed by atoms with Gasteiger partial charge in [0.1, 0.15) is 0 Å². The highest BCUT2D eigenvalue weighted by molar-refractivity contribution is 5.85. The molecule has 0 amide bonds. The van der Waals surface area contributed by atoms with Crippen LogP contribution in [-0.4, -0.2) is 12.1 Å². The molecule has 64 valence electrons. The Morgan fingerprint density at radius 3 is 2.73 bits per heavy atom. The van der Waals surface area contributed by atoms with Crippen molar-refractivity contribution in [3.05, 3.63) is 17.8 Å². The molecule has 0 atom stereocenters. The molecule has 0 unspecified atom stereocenters. The first kappa shape index (κ1) is 10.0. The maximum Gasteiger partial charge on any atom is 0.216 e. The van der Waals surface area contributed by atoms with Crippen molar-refractivity contribution in [3.8, 4) is 5.88 Å². The molecule has 0 spiro atoms. The zero-order valence-corrected chi connectivity index (χ0v) is 7.31. The van der Waals surface area contributed by atoms with Gasteiger partial charge in [0.15, 0.2) is 0 Å². The predicted molar refractivity (Wildman–Crippen MR) is 49.3 cm³/mol. The molecule has 0 aliphatic carbocycles. The number of hydrogen-bond acceptors (Lipinski definition) is 3. The average molecular weight is 177 g/mol. The minimum Gasteiger partial charge on any atom is -0.481 e. The minimum atomic E-state index is 0. The second-order valence-electron chi connectivity index (χ2n) is 2.09. The number of hydrogen-bond donors (Lipinski definition) is 1. The molecule has 0 radical (unpaired) electrons. The zero-order chi connectivity index (χ0) is 7.56. The molecule has 1 aromatic heterocycles. The van der Waals surface area contributed by atoms with Crippen LogP contribution in [0.4, 0.5) is 5.69 Å². The second kappa shape index (κ2) is 4.03. The highest BCUT2D eigenvalue weighted by atomic mass is 35.5. The molecule has 0 bridgehead atoms. The predicted octanol–water partition coefficient (Wildman–Crippen LogP) is 1.65. The van der Waals surface area contributed by atoms with E-state index in [0.29, 0.717) is 11.6 Å². The van der Waals surface area contributed by atoms with Crippen molar-refractivity contribution in [2.75, 3.05) is 12.8 Å². The lowest BCUT2D eigenvalue weighted by Crippen LogP contribution is -1.93. The lowest BCUT2D eigenvalue weighted by molar-refractivity contribution is 0.395. The Bertz CT molecular complexity index is 245. The van der Waals surface area contributed by atoms with Gasteiger partial charge in [-0.25, -0.2) is 4.98 Å². The SMILES string of the molecule is COc1ncc(N)cc1C.Cl.[HH]. The molecular formula is C7H13ClN2O. The second-order valence-corrected chi connectivity index (χ2v) is 2.09. The lowest BCUT2D eigenvalue weighted by atomic mass is 10.3. The van der Waals surface area contributed by atoms with Crippen molar-refractivity contribution in [1.82, 2.24) is 4.98 Å². The standard InChI is InChI=1S/C7H10N2O.ClH.H2/c1-5-3-6(8)4-9-7(5)10-2;;/h3-4H,8H2,1-2H3;2*1H. The Morgan fingerprint density at radius 2 is 2.27 bits per heavy atom. The summed E-state index contributed by atoms with van der Waals surface area (Å²) in [5, 5.41) is 0. The number of halogens is 1. The normalized spacial score (nSPS) is 8.55. The van der Waals surface area contributed by atoms with Crippen LogP contribution in [0.15, 0.2) is 12.3 Å². The van der Waals surface area contributed by atoms with E-state index in [1.54, 1.807) is 13.3 Å². The highest BCUT2D eigenvalue weighted by Crippen LogP contribution is 2.14. The summed E-state index contributed by atoms with van der Waals surface area (Å²) in [6, 6.07) is 1.83. The number of anilines is 1. The van der Waals surface area contributed by atoms with Gasteiger partial charge in [0, 0.05) is 6.99 Å². The third-order valence-corrected chi connectivity index (χ3v) is 1.24. The van der Waals surface area contributed by atoms with E-state index in [-0.39, 0.29) is 13.8 Å². The maximum absolute atomic E-state index is 5.46. The average Bonchev–Trinajstić information content (AvgIpc) is 1.88. The summed E-state index contributed by atoms with van der Waals surface area (Å²) in [5.41, 5.74) is 7.09. The van der Waals surface area contributed by atoms with Crippen molar-refractivity contribution in [3.63, 3.8) is 0 Å².